The first-order valence-corrected chi connectivity index (χ1v) is 9.64. The summed E-state index contributed by atoms with van der Waals surface area (Å²) in [5, 5.41) is 14.0. The molecule has 154 valence electrons. The SMILES string of the molecule is CCc1ccccc1NC(=O)c1ccccc1N1C(=O)c2ccc(C(=O)[O-])cc2C1=O. The lowest BCUT2D eigenvalue weighted by molar-refractivity contribution is -0.255. The fraction of sp³-hybridized carbons (Fsp3) is 0.0833. The maximum atomic E-state index is 13.0. The molecule has 0 fully saturated rings. The smallest absolute Gasteiger partial charge is 0.266 e. The fourth-order valence-corrected chi connectivity index (χ4v) is 3.59. The number of anilines is 2. The minimum Gasteiger partial charge on any atom is -0.545 e. The first-order chi connectivity index (χ1) is 14.9. The second-order valence-electron chi connectivity index (χ2n) is 6.98. The molecule has 0 unspecified atom stereocenters. The van der Waals surface area contributed by atoms with Crippen LogP contribution in [0.5, 0.6) is 0 Å². The van der Waals surface area contributed by atoms with Gasteiger partial charge in [-0.3, -0.25) is 14.4 Å². The van der Waals surface area contributed by atoms with Gasteiger partial charge in [0.2, 0.25) is 0 Å². The topological polar surface area (TPSA) is 107 Å². The van der Waals surface area contributed by atoms with E-state index in [2.05, 4.69) is 5.32 Å². The van der Waals surface area contributed by atoms with E-state index < -0.39 is 23.7 Å². The molecule has 7 nitrogen and oxygen atoms in total. The average Bonchev–Trinajstić information content (AvgIpc) is 3.03. The molecule has 3 aromatic carbocycles. The van der Waals surface area contributed by atoms with Crippen molar-refractivity contribution in [2.45, 2.75) is 13.3 Å². The summed E-state index contributed by atoms with van der Waals surface area (Å²) in [4.78, 5) is 51.0. The molecule has 0 saturated carbocycles. The Morgan fingerprint density at radius 1 is 0.903 bits per heavy atom. The molecular weight excluding hydrogens is 396 g/mol. The van der Waals surface area contributed by atoms with E-state index >= 15 is 0 Å². The molecule has 0 aliphatic carbocycles. The van der Waals surface area contributed by atoms with Crippen LogP contribution in [-0.4, -0.2) is 23.7 Å². The van der Waals surface area contributed by atoms with Crippen molar-refractivity contribution >= 4 is 35.1 Å². The zero-order valence-corrected chi connectivity index (χ0v) is 16.5. The predicted molar refractivity (Wildman–Crippen MR) is 112 cm³/mol. The third kappa shape index (κ3) is 3.46. The molecule has 0 bridgehead atoms. The van der Waals surface area contributed by atoms with Crippen LogP contribution in [0.25, 0.3) is 0 Å². The Morgan fingerprint density at radius 3 is 2.32 bits per heavy atom. The standard InChI is InChI=1S/C24H18N2O5/c1-2-14-7-3-5-9-19(14)25-21(27)17-8-4-6-10-20(17)26-22(28)16-12-11-15(24(30)31)13-18(16)23(26)29/h3-13H,2H2,1H3,(H,25,27)(H,30,31)/p-1. The molecule has 31 heavy (non-hydrogen) atoms. The summed E-state index contributed by atoms with van der Waals surface area (Å²) in [6.07, 6.45) is 0.720. The van der Waals surface area contributed by atoms with E-state index in [1.165, 1.54) is 24.3 Å². The summed E-state index contributed by atoms with van der Waals surface area (Å²) in [6.45, 7) is 1.97. The monoisotopic (exact) mass is 413 g/mol. The zero-order chi connectivity index (χ0) is 22.1. The molecule has 3 aromatic rings. The van der Waals surface area contributed by atoms with Crippen molar-refractivity contribution in [3.8, 4) is 0 Å². The van der Waals surface area contributed by atoms with Gasteiger partial charge in [-0.1, -0.05) is 43.3 Å². The molecule has 0 aromatic heterocycles. The van der Waals surface area contributed by atoms with E-state index in [9.17, 15) is 24.3 Å². The van der Waals surface area contributed by atoms with Crippen molar-refractivity contribution in [2.24, 2.45) is 0 Å². The normalized spacial score (nSPS) is 12.6. The van der Waals surface area contributed by atoms with E-state index in [0.717, 1.165) is 23.0 Å². The molecule has 3 amide bonds. The minimum absolute atomic E-state index is 0.0433. The van der Waals surface area contributed by atoms with Gasteiger partial charge in [-0.05, 0) is 47.9 Å². The lowest BCUT2D eigenvalue weighted by atomic mass is 10.1. The molecule has 4 rings (SSSR count). The maximum Gasteiger partial charge on any atom is 0.266 e. The molecule has 0 atom stereocenters. The van der Waals surface area contributed by atoms with Crippen molar-refractivity contribution < 1.29 is 24.3 Å². The van der Waals surface area contributed by atoms with Crippen LogP contribution in [0, 0.1) is 0 Å². The summed E-state index contributed by atoms with van der Waals surface area (Å²) in [6, 6.07) is 17.2. The Morgan fingerprint density at radius 2 is 1.58 bits per heavy atom. The van der Waals surface area contributed by atoms with E-state index in [4.69, 9.17) is 0 Å². The highest BCUT2D eigenvalue weighted by Crippen LogP contribution is 2.32. The van der Waals surface area contributed by atoms with Crippen LogP contribution < -0.4 is 15.3 Å². The van der Waals surface area contributed by atoms with Crippen molar-refractivity contribution in [3.05, 3.63) is 94.5 Å². The van der Waals surface area contributed by atoms with Gasteiger partial charge in [0.1, 0.15) is 0 Å². The first-order valence-electron chi connectivity index (χ1n) is 9.64. The number of carbonyl (C=O) groups excluding carboxylic acids is 4. The van der Waals surface area contributed by atoms with Crippen molar-refractivity contribution in [1.82, 2.24) is 0 Å². The van der Waals surface area contributed by atoms with Gasteiger partial charge < -0.3 is 15.2 Å². The fourth-order valence-electron chi connectivity index (χ4n) is 3.59. The summed E-state index contributed by atoms with van der Waals surface area (Å²) in [5.74, 6) is -3.24. The summed E-state index contributed by atoms with van der Waals surface area (Å²) in [7, 11) is 0. The number of aryl methyl sites for hydroxylation is 1. The van der Waals surface area contributed by atoms with Gasteiger partial charge in [0.15, 0.2) is 0 Å². The number of hydrogen-bond donors (Lipinski definition) is 1. The van der Waals surface area contributed by atoms with Gasteiger partial charge in [-0.25, -0.2) is 4.90 Å². The summed E-state index contributed by atoms with van der Waals surface area (Å²) < 4.78 is 0. The quantitative estimate of drug-likeness (QED) is 0.647. The van der Waals surface area contributed by atoms with Gasteiger partial charge in [0.25, 0.3) is 17.7 Å². The Labute approximate surface area is 177 Å². The highest BCUT2D eigenvalue weighted by molar-refractivity contribution is 6.35. The van der Waals surface area contributed by atoms with Crippen molar-refractivity contribution in [2.75, 3.05) is 10.2 Å². The number of amides is 3. The number of benzene rings is 3. The molecule has 1 N–H and O–H groups in total. The lowest BCUT2D eigenvalue weighted by Gasteiger charge is -2.18. The minimum atomic E-state index is -1.45. The molecule has 0 spiro atoms. The number of aromatic carboxylic acids is 1. The zero-order valence-electron chi connectivity index (χ0n) is 16.5. The van der Waals surface area contributed by atoms with Crippen LogP contribution in [-0.2, 0) is 6.42 Å². The van der Waals surface area contributed by atoms with Crippen LogP contribution >= 0.6 is 0 Å². The molecule has 1 aliphatic rings. The van der Waals surface area contributed by atoms with Gasteiger partial charge in [0, 0.05) is 5.69 Å². The second-order valence-corrected chi connectivity index (χ2v) is 6.98. The average molecular weight is 413 g/mol. The maximum absolute atomic E-state index is 13.0. The molecule has 0 radical (unpaired) electrons. The van der Waals surface area contributed by atoms with Gasteiger partial charge in [0.05, 0.1) is 28.3 Å². The first kappa shape index (κ1) is 20.0. The van der Waals surface area contributed by atoms with E-state index in [-0.39, 0.29) is 27.9 Å². The summed E-state index contributed by atoms with van der Waals surface area (Å²) >= 11 is 0. The number of nitrogens with zero attached hydrogens (tertiary/aromatic N) is 1. The Hall–Kier alpha value is -4.26. The van der Waals surface area contributed by atoms with Crippen LogP contribution in [0.1, 0.15) is 53.9 Å². The van der Waals surface area contributed by atoms with E-state index in [0.29, 0.717) is 5.69 Å². The Kier molecular flexibility index (Phi) is 5.09. The third-order valence-electron chi connectivity index (χ3n) is 5.16. The third-order valence-corrected chi connectivity index (χ3v) is 5.16. The van der Waals surface area contributed by atoms with E-state index in [1.54, 1.807) is 24.3 Å². The number of carboxylic acids is 1. The van der Waals surface area contributed by atoms with Crippen LogP contribution in [0.3, 0.4) is 0 Å². The Balaban J connectivity index is 1.72. The van der Waals surface area contributed by atoms with Crippen LogP contribution in [0.15, 0.2) is 66.7 Å². The van der Waals surface area contributed by atoms with Gasteiger partial charge in [-0.2, -0.15) is 0 Å². The summed E-state index contributed by atoms with van der Waals surface area (Å²) in [5.41, 5.74) is 1.68. The molecule has 7 heteroatoms. The lowest BCUT2D eigenvalue weighted by Crippen LogP contribution is -2.31. The number of fused-ring (bicyclic) bond motifs is 1. The highest BCUT2D eigenvalue weighted by Gasteiger charge is 2.38. The van der Waals surface area contributed by atoms with Crippen LogP contribution in [0.2, 0.25) is 0 Å². The number of hydrogen-bond acceptors (Lipinski definition) is 5. The van der Waals surface area contributed by atoms with Crippen molar-refractivity contribution in [3.63, 3.8) is 0 Å². The number of imide groups is 1. The second kappa shape index (κ2) is 7.87. The number of rotatable bonds is 5. The number of carbonyl (C=O) groups is 4. The van der Waals surface area contributed by atoms with Crippen LogP contribution in [0.4, 0.5) is 11.4 Å². The molecular formula is C24H17N2O5-. The number of para-hydroxylation sites is 2. The predicted octanol–water partition coefficient (Wildman–Crippen LogP) is 2.67. The molecule has 1 heterocycles. The van der Waals surface area contributed by atoms with Gasteiger partial charge >= 0.3 is 0 Å². The molecule has 0 saturated heterocycles. The molecule has 1 aliphatic heterocycles. The van der Waals surface area contributed by atoms with Crippen molar-refractivity contribution in [1.29, 1.82) is 0 Å². The van der Waals surface area contributed by atoms with E-state index in [1.807, 2.05) is 19.1 Å². The van der Waals surface area contributed by atoms with Gasteiger partial charge in [-0.15, -0.1) is 0 Å². The number of carboxylic acid groups (broad SMARTS) is 1. The number of nitrogens with one attached hydrogen (secondary N) is 1. The Bertz CT molecular complexity index is 1250. The largest absolute Gasteiger partial charge is 0.545 e. The highest BCUT2D eigenvalue weighted by atomic mass is 16.4.